The lowest BCUT2D eigenvalue weighted by Crippen LogP contribution is -2.60. The van der Waals surface area contributed by atoms with Gasteiger partial charge in [0.15, 0.2) is 0 Å². The lowest BCUT2D eigenvalue weighted by Gasteiger charge is -2.46. The van der Waals surface area contributed by atoms with E-state index in [0.29, 0.717) is 36.4 Å². The van der Waals surface area contributed by atoms with Gasteiger partial charge in [0.25, 0.3) is 0 Å². The first-order valence-electron chi connectivity index (χ1n) is 7.12. The number of likely N-dealkylation sites (tertiary alicyclic amines) is 1. The van der Waals surface area contributed by atoms with E-state index in [1.165, 1.54) is 0 Å². The number of benzene rings is 1. The summed E-state index contributed by atoms with van der Waals surface area (Å²) in [4.78, 5) is 2.10. The fourth-order valence-electron chi connectivity index (χ4n) is 2.77. The van der Waals surface area contributed by atoms with Crippen LogP contribution in [0.2, 0.25) is 5.02 Å². The number of nitrogens with zero attached hydrogens (tertiary/aromatic N) is 3. The van der Waals surface area contributed by atoms with Crippen molar-refractivity contribution in [2.24, 2.45) is 0 Å². The molecule has 3 rings (SSSR count). The van der Waals surface area contributed by atoms with Crippen LogP contribution < -0.4 is 0 Å². The van der Waals surface area contributed by atoms with Crippen LogP contribution in [0.5, 0.6) is 0 Å². The highest BCUT2D eigenvalue weighted by atomic mass is 35.5. The van der Waals surface area contributed by atoms with Crippen molar-refractivity contribution >= 4 is 11.6 Å². The molecule has 2 aromatic rings. The number of aliphatic hydroxyl groups is 1. The Morgan fingerprint density at radius 3 is 2.81 bits per heavy atom. The number of hydrogen-bond acceptors (Lipinski definition) is 5. The standard InChI is InChI=1S/C15H18ClN3O2/c1-2-7-15(20)9-19(10-15)8-13-17-18-14(21-13)11-5-3-4-6-12(11)16/h3-6,20H,2,7-10H2,1H3. The zero-order chi connectivity index (χ0) is 14.9. The molecule has 1 aliphatic rings. The number of β-amino-alcohol motifs (C(OH)–C–C–N with tert-alkyl or cyclic N) is 1. The first-order chi connectivity index (χ1) is 10.1. The number of halogens is 1. The van der Waals surface area contributed by atoms with E-state index in [9.17, 15) is 5.11 Å². The molecule has 1 N–H and O–H groups in total. The Hall–Kier alpha value is -1.43. The summed E-state index contributed by atoms with van der Waals surface area (Å²) in [6, 6.07) is 7.38. The van der Waals surface area contributed by atoms with E-state index in [1.807, 2.05) is 18.2 Å². The maximum absolute atomic E-state index is 10.2. The van der Waals surface area contributed by atoms with Crippen LogP contribution in [-0.2, 0) is 6.54 Å². The molecule has 0 aliphatic carbocycles. The third-order valence-corrected chi connectivity index (χ3v) is 4.01. The minimum atomic E-state index is -0.541. The molecule has 21 heavy (non-hydrogen) atoms. The second-order valence-corrected chi connectivity index (χ2v) is 6.01. The molecule has 1 aromatic heterocycles. The van der Waals surface area contributed by atoms with Crippen molar-refractivity contribution < 1.29 is 9.52 Å². The fourth-order valence-corrected chi connectivity index (χ4v) is 2.99. The van der Waals surface area contributed by atoms with Crippen LogP contribution in [0.15, 0.2) is 28.7 Å². The Morgan fingerprint density at radius 2 is 2.10 bits per heavy atom. The molecule has 112 valence electrons. The Balaban J connectivity index is 1.64. The van der Waals surface area contributed by atoms with Crippen molar-refractivity contribution in [3.05, 3.63) is 35.2 Å². The first-order valence-corrected chi connectivity index (χ1v) is 7.49. The molecule has 2 heterocycles. The molecule has 1 saturated heterocycles. The normalized spacial score (nSPS) is 17.7. The molecule has 0 saturated carbocycles. The highest BCUT2D eigenvalue weighted by Crippen LogP contribution is 2.29. The molecule has 0 amide bonds. The minimum absolute atomic E-state index is 0.431. The maximum Gasteiger partial charge on any atom is 0.249 e. The maximum atomic E-state index is 10.2. The molecular weight excluding hydrogens is 290 g/mol. The predicted octanol–water partition coefficient (Wildman–Crippen LogP) is 2.74. The summed E-state index contributed by atoms with van der Waals surface area (Å²) in [7, 11) is 0. The third kappa shape index (κ3) is 3.10. The Kier molecular flexibility index (Phi) is 3.97. The van der Waals surface area contributed by atoms with Crippen molar-refractivity contribution in [1.29, 1.82) is 0 Å². The van der Waals surface area contributed by atoms with Gasteiger partial charge in [-0.25, -0.2) is 0 Å². The SMILES string of the molecule is CCCC1(O)CN(Cc2nnc(-c3ccccc3Cl)o2)C1. The number of rotatable bonds is 5. The molecule has 5 nitrogen and oxygen atoms in total. The quantitative estimate of drug-likeness (QED) is 0.920. The highest BCUT2D eigenvalue weighted by Gasteiger charge is 2.40. The minimum Gasteiger partial charge on any atom is -0.419 e. The van der Waals surface area contributed by atoms with Crippen LogP contribution in [0.25, 0.3) is 11.5 Å². The second kappa shape index (κ2) is 5.75. The van der Waals surface area contributed by atoms with E-state index in [1.54, 1.807) is 6.07 Å². The van der Waals surface area contributed by atoms with Crippen molar-refractivity contribution in [2.75, 3.05) is 13.1 Å². The van der Waals surface area contributed by atoms with Crippen LogP contribution in [0.3, 0.4) is 0 Å². The fraction of sp³-hybridized carbons (Fsp3) is 0.467. The Morgan fingerprint density at radius 1 is 1.33 bits per heavy atom. The molecule has 1 fully saturated rings. The average molecular weight is 308 g/mol. The summed E-state index contributed by atoms with van der Waals surface area (Å²) in [5, 5.41) is 18.8. The van der Waals surface area contributed by atoms with Gasteiger partial charge in [0.1, 0.15) is 0 Å². The summed E-state index contributed by atoms with van der Waals surface area (Å²) in [6.45, 7) is 3.95. The molecule has 6 heteroatoms. The number of hydrogen-bond donors (Lipinski definition) is 1. The van der Waals surface area contributed by atoms with Gasteiger partial charge in [-0.15, -0.1) is 10.2 Å². The molecular formula is C15H18ClN3O2. The van der Waals surface area contributed by atoms with Gasteiger partial charge in [-0.3, -0.25) is 4.90 Å². The summed E-state index contributed by atoms with van der Waals surface area (Å²) < 4.78 is 5.66. The summed E-state index contributed by atoms with van der Waals surface area (Å²) in [5.41, 5.74) is 0.198. The summed E-state index contributed by atoms with van der Waals surface area (Å²) in [5.74, 6) is 0.975. The largest absolute Gasteiger partial charge is 0.419 e. The molecule has 1 aliphatic heterocycles. The molecule has 1 aromatic carbocycles. The van der Waals surface area contributed by atoms with Crippen LogP contribution in [-0.4, -0.2) is 38.9 Å². The van der Waals surface area contributed by atoms with E-state index in [-0.39, 0.29) is 0 Å². The Bertz CT molecular complexity index is 623. The van der Waals surface area contributed by atoms with Gasteiger partial charge in [-0.2, -0.15) is 0 Å². The van der Waals surface area contributed by atoms with Gasteiger partial charge in [-0.05, 0) is 18.6 Å². The molecule has 0 unspecified atom stereocenters. The third-order valence-electron chi connectivity index (χ3n) is 3.68. The van der Waals surface area contributed by atoms with E-state index < -0.39 is 5.60 Å². The molecule has 0 atom stereocenters. The zero-order valence-corrected chi connectivity index (χ0v) is 12.7. The summed E-state index contributed by atoms with van der Waals surface area (Å²) >= 11 is 6.11. The van der Waals surface area contributed by atoms with Crippen molar-refractivity contribution in [2.45, 2.75) is 31.9 Å². The van der Waals surface area contributed by atoms with Gasteiger partial charge < -0.3 is 9.52 Å². The van der Waals surface area contributed by atoms with Crippen molar-refractivity contribution in [3.8, 4) is 11.5 Å². The second-order valence-electron chi connectivity index (χ2n) is 5.60. The molecule has 0 radical (unpaired) electrons. The highest BCUT2D eigenvalue weighted by molar-refractivity contribution is 6.33. The lowest BCUT2D eigenvalue weighted by atomic mass is 9.89. The van der Waals surface area contributed by atoms with E-state index in [0.717, 1.165) is 18.4 Å². The van der Waals surface area contributed by atoms with Crippen LogP contribution >= 0.6 is 11.6 Å². The monoisotopic (exact) mass is 307 g/mol. The topological polar surface area (TPSA) is 62.4 Å². The first kappa shape index (κ1) is 14.5. The zero-order valence-electron chi connectivity index (χ0n) is 11.9. The van der Waals surface area contributed by atoms with E-state index in [2.05, 4.69) is 22.0 Å². The van der Waals surface area contributed by atoms with Gasteiger partial charge in [-0.1, -0.05) is 37.1 Å². The van der Waals surface area contributed by atoms with Crippen LogP contribution in [0.1, 0.15) is 25.7 Å². The van der Waals surface area contributed by atoms with Crippen LogP contribution in [0, 0.1) is 0 Å². The smallest absolute Gasteiger partial charge is 0.249 e. The lowest BCUT2D eigenvalue weighted by molar-refractivity contribution is -0.109. The van der Waals surface area contributed by atoms with E-state index >= 15 is 0 Å². The van der Waals surface area contributed by atoms with E-state index in [4.69, 9.17) is 16.0 Å². The van der Waals surface area contributed by atoms with Gasteiger partial charge in [0.2, 0.25) is 11.8 Å². The number of aromatic nitrogens is 2. The molecule has 0 spiro atoms. The van der Waals surface area contributed by atoms with Crippen molar-refractivity contribution in [1.82, 2.24) is 15.1 Å². The van der Waals surface area contributed by atoms with Gasteiger partial charge in [0, 0.05) is 13.1 Å². The van der Waals surface area contributed by atoms with Crippen molar-refractivity contribution in [3.63, 3.8) is 0 Å². The van der Waals surface area contributed by atoms with Crippen LogP contribution in [0.4, 0.5) is 0 Å². The van der Waals surface area contributed by atoms with Gasteiger partial charge in [0.05, 0.1) is 22.7 Å². The summed E-state index contributed by atoms with van der Waals surface area (Å²) in [6.07, 6.45) is 1.82. The Labute approximate surface area is 128 Å². The molecule has 0 bridgehead atoms. The average Bonchev–Trinajstić information content (AvgIpc) is 2.86. The predicted molar refractivity (Wildman–Crippen MR) is 79.9 cm³/mol. The van der Waals surface area contributed by atoms with Gasteiger partial charge >= 0.3 is 0 Å².